The molecule has 2 rings (SSSR count). The predicted molar refractivity (Wildman–Crippen MR) is 67.8 cm³/mol. The van der Waals surface area contributed by atoms with E-state index >= 15 is 0 Å². The first kappa shape index (κ1) is 12.0. The summed E-state index contributed by atoms with van der Waals surface area (Å²) < 4.78 is 4.91. The number of carbonyl (C=O) groups is 1. The maximum atomic E-state index is 11.5. The molecule has 2 N–H and O–H groups in total. The molecule has 0 amide bonds. The number of benzene rings is 1. The molecule has 0 bridgehead atoms. The Balaban J connectivity index is 2.22. The summed E-state index contributed by atoms with van der Waals surface area (Å²) in [5, 5.41) is 0. The number of nitrogens with zero attached hydrogens (tertiary/aromatic N) is 2. The van der Waals surface area contributed by atoms with Crippen LogP contribution >= 0.6 is 0 Å². The minimum Gasteiger partial charge on any atom is -0.462 e. The van der Waals surface area contributed by atoms with Gasteiger partial charge >= 0.3 is 5.97 Å². The number of hydrogen-bond donors (Lipinski definition) is 1. The Labute approximate surface area is 105 Å². The molecular formula is C13H13N3O2. The van der Waals surface area contributed by atoms with Crippen molar-refractivity contribution in [2.45, 2.75) is 6.92 Å². The molecule has 1 aromatic heterocycles. The molecule has 0 radical (unpaired) electrons. The molecule has 5 nitrogen and oxygen atoms in total. The van der Waals surface area contributed by atoms with Crippen LogP contribution in [0.2, 0.25) is 0 Å². The third-order valence-electron chi connectivity index (χ3n) is 2.40. The highest BCUT2D eigenvalue weighted by Gasteiger charge is 2.06. The van der Waals surface area contributed by atoms with E-state index in [1.54, 1.807) is 31.5 Å². The van der Waals surface area contributed by atoms with Crippen molar-refractivity contribution in [1.29, 1.82) is 0 Å². The minimum atomic E-state index is -0.322. The maximum absolute atomic E-state index is 11.5. The number of ether oxygens (including phenoxy) is 1. The summed E-state index contributed by atoms with van der Waals surface area (Å²) >= 11 is 0. The van der Waals surface area contributed by atoms with Gasteiger partial charge in [0.05, 0.1) is 12.2 Å². The normalized spacial score (nSPS) is 10.1. The highest BCUT2D eigenvalue weighted by molar-refractivity contribution is 5.90. The van der Waals surface area contributed by atoms with Crippen molar-refractivity contribution in [3.63, 3.8) is 0 Å². The standard InChI is InChI=1S/C13H13N3O2/c1-2-18-12(17)10-5-3-9(4-6-10)11-7-15-13(14)16-8-11/h3-8H,2H2,1H3,(H2,14,15,16). The maximum Gasteiger partial charge on any atom is 0.338 e. The monoisotopic (exact) mass is 243 g/mol. The Bertz CT molecular complexity index is 535. The molecule has 0 saturated carbocycles. The van der Waals surface area contributed by atoms with E-state index < -0.39 is 0 Å². The second-order valence-corrected chi connectivity index (χ2v) is 3.63. The van der Waals surface area contributed by atoms with E-state index in [0.29, 0.717) is 12.2 Å². The van der Waals surface area contributed by atoms with Crippen LogP contribution in [0, 0.1) is 0 Å². The predicted octanol–water partition coefficient (Wildman–Crippen LogP) is 1.90. The van der Waals surface area contributed by atoms with Crippen LogP contribution in [0.25, 0.3) is 11.1 Å². The molecule has 0 fully saturated rings. The fourth-order valence-electron chi connectivity index (χ4n) is 1.50. The van der Waals surface area contributed by atoms with Gasteiger partial charge in [-0.05, 0) is 24.6 Å². The van der Waals surface area contributed by atoms with Gasteiger partial charge in [0, 0.05) is 18.0 Å². The summed E-state index contributed by atoms with van der Waals surface area (Å²) in [6, 6.07) is 7.07. The molecule has 92 valence electrons. The van der Waals surface area contributed by atoms with Gasteiger partial charge in [-0.25, -0.2) is 14.8 Å². The van der Waals surface area contributed by atoms with Gasteiger partial charge in [-0.2, -0.15) is 0 Å². The Hall–Kier alpha value is -2.43. The zero-order valence-electron chi connectivity index (χ0n) is 9.96. The van der Waals surface area contributed by atoms with Gasteiger partial charge in [-0.15, -0.1) is 0 Å². The number of nitrogen functional groups attached to an aromatic ring is 1. The Morgan fingerprint density at radius 2 is 1.78 bits per heavy atom. The summed E-state index contributed by atoms with van der Waals surface area (Å²) in [6.45, 7) is 2.14. The zero-order valence-corrected chi connectivity index (χ0v) is 9.96. The summed E-state index contributed by atoms with van der Waals surface area (Å²) in [5.74, 6) is -0.0838. The van der Waals surface area contributed by atoms with Gasteiger partial charge < -0.3 is 10.5 Å². The van der Waals surface area contributed by atoms with Crippen LogP contribution in [0.1, 0.15) is 17.3 Å². The number of hydrogen-bond acceptors (Lipinski definition) is 5. The van der Waals surface area contributed by atoms with Crippen LogP contribution in [0.3, 0.4) is 0 Å². The van der Waals surface area contributed by atoms with Crippen molar-refractivity contribution in [2.24, 2.45) is 0 Å². The number of carbonyl (C=O) groups excluding carboxylic acids is 1. The van der Waals surface area contributed by atoms with Gasteiger partial charge in [-0.3, -0.25) is 0 Å². The fourth-order valence-corrected chi connectivity index (χ4v) is 1.50. The lowest BCUT2D eigenvalue weighted by Gasteiger charge is -2.04. The third-order valence-corrected chi connectivity index (χ3v) is 2.40. The topological polar surface area (TPSA) is 78.1 Å². The second kappa shape index (κ2) is 5.27. The van der Waals surface area contributed by atoms with Crippen LogP contribution in [-0.4, -0.2) is 22.5 Å². The summed E-state index contributed by atoms with van der Waals surface area (Å²) in [5.41, 5.74) is 7.71. The lowest BCUT2D eigenvalue weighted by Crippen LogP contribution is -2.04. The molecule has 1 aromatic carbocycles. The smallest absolute Gasteiger partial charge is 0.338 e. The van der Waals surface area contributed by atoms with Crippen molar-refractivity contribution in [3.8, 4) is 11.1 Å². The molecule has 18 heavy (non-hydrogen) atoms. The third kappa shape index (κ3) is 2.63. The molecular weight excluding hydrogens is 230 g/mol. The number of esters is 1. The van der Waals surface area contributed by atoms with Gasteiger partial charge in [0.25, 0.3) is 0 Å². The highest BCUT2D eigenvalue weighted by atomic mass is 16.5. The van der Waals surface area contributed by atoms with Crippen molar-refractivity contribution < 1.29 is 9.53 Å². The second-order valence-electron chi connectivity index (χ2n) is 3.63. The lowest BCUT2D eigenvalue weighted by atomic mass is 10.1. The first-order valence-corrected chi connectivity index (χ1v) is 5.56. The SMILES string of the molecule is CCOC(=O)c1ccc(-c2cnc(N)nc2)cc1. The van der Waals surface area contributed by atoms with Crippen molar-refractivity contribution >= 4 is 11.9 Å². The van der Waals surface area contributed by atoms with Crippen molar-refractivity contribution in [3.05, 3.63) is 42.2 Å². The fraction of sp³-hybridized carbons (Fsp3) is 0.154. The van der Waals surface area contributed by atoms with E-state index in [4.69, 9.17) is 10.5 Å². The number of nitrogens with two attached hydrogens (primary N) is 1. The average molecular weight is 243 g/mol. The molecule has 0 aliphatic rings. The number of anilines is 1. The van der Waals surface area contributed by atoms with Crippen LogP contribution in [-0.2, 0) is 4.74 Å². The Morgan fingerprint density at radius 1 is 1.17 bits per heavy atom. The first-order chi connectivity index (χ1) is 8.70. The van der Waals surface area contributed by atoms with Gasteiger partial charge in [0.1, 0.15) is 0 Å². The average Bonchev–Trinajstić information content (AvgIpc) is 2.40. The molecule has 0 unspecified atom stereocenters. The lowest BCUT2D eigenvalue weighted by molar-refractivity contribution is 0.0526. The van der Waals surface area contributed by atoms with E-state index in [1.165, 1.54) is 0 Å². The summed E-state index contributed by atoms with van der Waals surface area (Å²) in [6.07, 6.45) is 3.28. The van der Waals surface area contributed by atoms with Crippen LogP contribution < -0.4 is 5.73 Å². The molecule has 0 aliphatic heterocycles. The van der Waals surface area contributed by atoms with E-state index in [2.05, 4.69) is 9.97 Å². The molecule has 0 aliphatic carbocycles. The molecule has 0 saturated heterocycles. The quantitative estimate of drug-likeness (QED) is 0.833. The largest absolute Gasteiger partial charge is 0.462 e. The van der Waals surface area contributed by atoms with E-state index in [9.17, 15) is 4.79 Å². The van der Waals surface area contributed by atoms with Crippen LogP contribution in [0.5, 0.6) is 0 Å². The van der Waals surface area contributed by atoms with Crippen LogP contribution in [0.15, 0.2) is 36.7 Å². The highest BCUT2D eigenvalue weighted by Crippen LogP contribution is 2.18. The zero-order chi connectivity index (χ0) is 13.0. The van der Waals surface area contributed by atoms with Crippen molar-refractivity contribution in [2.75, 3.05) is 12.3 Å². The Morgan fingerprint density at radius 3 is 2.33 bits per heavy atom. The Kier molecular flexibility index (Phi) is 3.52. The van der Waals surface area contributed by atoms with Gasteiger partial charge in [0.2, 0.25) is 5.95 Å². The van der Waals surface area contributed by atoms with E-state index in [0.717, 1.165) is 11.1 Å². The van der Waals surface area contributed by atoms with Gasteiger partial charge in [-0.1, -0.05) is 12.1 Å². The molecule has 5 heteroatoms. The number of rotatable bonds is 3. The molecule has 1 heterocycles. The minimum absolute atomic E-state index is 0.238. The van der Waals surface area contributed by atoms with E-state index in [-0.39, 0.29) is 11.9 Å². The van der Waals surface area contributed by atoms with E-state index in [1.807, 2.05) is 12.1 Å². The molecule has 2 aromatic rings. The molecule has 0 spiro atoms. The van der Waals surface area contributed by atoms with Crippen molar-refractivity contribution in [1.82, 2.24) is 9.97 Å². The molecule has 0 atom stereocenters. The number of aromatic nitrogens is 2. The summed E-state index contributed by atoms with van der Waals surface area (Å²) in [4.78, 5) is 19.3. The van der Waals surface area contributed by atoms with Gasteiger partial charge in [0.15, 0.2) is 0 Å². The van der Waals surface area contributed by atoms with Crippen LogP contribution in [0.4, 0.5) is 5.95 Å². The summed E-state index contributed by atoms with van der Waals surface area (Å²) in [7, 11) is 0. The first-order valence-electron chi connectivity index (χ1n) is 5.56.